The maximum atomic E-state index is 11.8. The SMILES string of the molecule is CC1(C)CN2CCCn3c(c(C4CCCCC4)c4ccc(C(=O)O)cc43)-c3cccc1c32. The van der Waals surface area contributed by atoms with Crippen molar-refractivity contribution in [1.82, 2.24) is 4.57 Å². The number of para-hydroxylation sites is 1. The maximum Gasteiger partial charge on any atom is 0.335 e. The van der Waals surface area contributed by atoms with Crippen LogP contribution in [0.5, 0.6) is 0 Å². The molecule has 3 aromatic rings. The highest BCUT2D eigenvalue weighted by Gasteiger charge is 2.39. The molecule has 2 aliphatic heterocycles. The fraction of sp³-hybridized carbons (Fsp3) is 0.464. The molecule has 1 aliphatic carbocycles. The number of fused-ring (bicyclic) bond motifs is 4. The highest BCUT2D eigenvalue weighted by molar-refractivity contribution is 6.00. The molecule has 0 saturated heterocycles. The van der Waals surface area contributed by atoms with Gasteiger partial charge in [0.1, 0.15) is 0 Å². The molecule has 1 N–H and O–H groups in total. The predicted octanol–water partition coefficient (Wildman–Crippen LogP) is 6.56. The van der Waals surface area contributed by atoms with Crippen LogP contribution in [0.4, 0.5) is 5.69 Å². The van der Waals surface area contributed by atoms with E-state index >= 15 is 0 Å². The third-order valence-electron chi connectivity index (χ3n) is 8.10. The second-order valence-corrected chi connectivity index (χ2v) is 10.6. The Morgan fingerprint density at radius 2 is 1.84 bits per heavy atom. The van der Waals surface area contributed by atoms with E-state index in [0.29, 0.717) is 11.5 Å². The largest absolute Gasteiger partial charge is 0.478 e. The van der Waals surface area contributed by atoms with Gasteiger partial charge in [-0.1, -0.05) is 57.4 Å². The third kappa shape index (κ3) is 2.84. The van der Waals surface area contributed by atoms with Crippen LogP contribution in [0.2, 0.25) is 0 Å². The predicted molar refractivity (Wildman–Crippen MR) is 130 cm³/mol. The van der Waals surface area contributed by atoms with Crippen molar-refractivity contribution in [2.45, 2.75) is 70.3 Å². The van der Waals surface area contributed by atoms with Crippen LogP contribution in [-0.4, -0.2) is 28.7 Å². The lowest BCUT2D eigenvalue weighted by atomic mass is 9.81. The molecule has 0 amide bonds. The van der Waals surface area contributed by atoms with Crippen LogP contribution in [0.25, 0.3) is 22.2 Å². The standard InChI is InChI=1S/C28H32N2O2/c1-28(2)17-29-14-7-15-30-23-16-19(27(31)32)12-13-20(23)24(18-8-4-3-5-9-18)26(30)21-10-6-11-22(28)25(21)29/h6,10-13,16,18H,3-5,7-9,14-15,17H2,1-2H3,(H,31,32). The van der Waals surface area contributed by atoms with Crippen molar-refractivity contribution < 1.29 is 9.90 Å². The number of nitrogens with zero attached hydrogens (tertiary/aromatic N) is 2. The summed E-state index contributed by atoms with van der Waals surface area (Å²) in [6.07, 6.45) is 7.44. The molecule has 0 bridgehead atoms. The van der Waals surface area contributed by atoms with Crippen molar-refractivity contribution in [2.75, 3.05) is 18.0 Å². The first-order valence-electron chi connectivity index (χ1n) is 12.2. The average molecular weight is 429 g/mol. The summed E-state index contributed by atoms with van der Waals surface area (Å²) in [5.74, 6) is -0.294. The fourth-order valence-corrected chi connectivity index (χ4v) is 6.71. The van der Waals surface area contributed by atoms with Crippen molar-refractivity contribution in [1.29, 1.82) is 0 Å². The smallest absolute Gasteiger partial charge is 0.335 e. The summed E-state index contributed by atoms with van der Waals surface area (Å²) in [6.45, 7) is 7.78. The zero-order valence-electron chi connectivity index (χ0n) is 19.2. The van der Waals surface area contributed by atoms with Gasteiger partial charge in [-0.15, -0.1) is 0 Å². The molecule has 166 valence electrons. The van der Waals surface area contributed by atoms with Crippen LogP contribution in [0, 0.1) is 0 Å². The molecule has 0 unspecified atom stereocenters. The minimum Gasteiger partial charge on any atom is -0.478 e. The van der Waals surface area contributed by atoms with Gasteiger partial charge in [-0.2, -0.15) is 0 Å². The van der Waals surface area contributed by atoms with Crippen LogP contribution < -0.4 is 4.90 Å². The molecule has 4 heteroatoms. The van der Waals surface area contributed by atoms with E-state index in [0.717, 1.165) is 31.6 Å². The number of hydrogen-bond donors (Lipinski definition) is 1. The van der Waals surface area contributed by atoms with Gasteiger partial charge in [0.15, 0.2) is 0 Å². The lowest BCUT2D eigenvalue weighted by molar-refractivity contribution is 0.0697. The summed E-state index contributed by atoms with van der Waals surface area (Å²) >= 11 is 0. The molecular formula is C28H32N2O2. The van der Waals surface area contributed by atoms with Crippen molar-refractivity contribution >= 4 is 22.6 Å². The molecule has 3 heterocycles. The van der Waals surface area contributed by atoms with Crippen LogP contribution in [0.15, 0.2) is 36.4 Å². The lowest BCUT2D eigenvalue weighted by Gasteiger charge is -2.29. The average Bonchev–Trinajstić information content (AvgIpc) is 3.24. The van der Waals surface area contributed by atoms with E-state index in [-0.39, 0.29) is 5.41 Å². The normalized spacial score (nSPS) is 20.0. The molecule has 6 rings (SSSR count). The van der Waals surface area contributed by atoms with Crippen LogP contribution >= 0.6 is 0 Å². The van der Waals surface area contributed by atoms with E-state index < -0.39 is 5.97 Å². The van der Waals surface area contributed by atoms with Gasteiger partial charge in [0.05, 0.1) is 11.3 Å². The number of hydrogen-bond acceptors (Lipinski definition) is 2. The van der Waals surface area contributed by atoms with E-state index in [2.05, 4.69) is 47.6 Å². The molecule has 0 radical (unpaired) electrons. The van der Waals surface area contributed by atoms with E-state index in [1.807, 2.05) is 6.07 Å². The van der Waals surface area contributed by atoms with Gasteiger partial charge < -0.3 is 14.6 Å². The Bertz CT molecular complexity index is 1230. The van der Waals surface area contributed by atoms with Gasteiger partial charge in [0, 0.05) is 47.2 Å². The summed E-state index contributed by atoms with van der Waals surface area (Å²) in [7, 11) is 0. The fourth-order valence-electron chi connectivity index (χ4n) is 6.71. The molecule has 0 spiro atoms. The van der Waals surface area contributed by atoms with Crippen LogP contribution in [0.3, 0.4) is 0 Å². The Hall–Kier alpha value is -2.75. The van der Waals surface area contributed by atoms with Crippen LogP contribution in [0.1, 0.15) is 79.8 Å². The Morgan fingerprint density at radius 3 is 2.62 bits per heavy atom. The first-order chi connectivity index (χ1) is 15.5. The number of carboxylic acids is 1. The summed E-state index contributed by atoms with van der Waals surface area (Å²) in [4.78, 5) is 14.4. The first kappa shape index (κ1) is 19.9. The number of carbonyl (C=O) groups is 1. The summed E-state index contributed by atoms with van der Waals surface area (Å²) < 4.78 is 2.46. The molecule has 1 saturated carbocycles. The molecule has 4 nitrogen and oxygen atoms in total. The maximum absolute atomic E-state index is 11.8. The van der Waals surface area contributed by atoms with E-state index in [1.165, 1.54) is 65.6 Å². The number of aromatic nitrogens is 1. The second kappa shape index (κ2) is 7.13. The van der Waals surface area contributed by atoms with E-state index in [4.69, 9.17) is 0 Å². The zero-order chi connectivity index (χ0) is 22.0. The summed E-state index contributed by atoms with van der Waals surface area (Å²) in [5, 5.41) is 10.9. The molecule has 0 atom stereocenters. The molecule has 1 aromatic heterocycles. The monoisotopic (exact) mass is 428 g/mol. The Morgan fingerprint density at radius 1 is 1.03 bits per heavy atom. The molecule has 3 aliphatic rings. The topological polar surface area (TPSA) is 45.5 Å². The quantitative estimate of drug-likeness (QED) is 0.503. The van der Waals surface area contributed by atoms with Gasteiger partial charge in [-0.3, -0.25) is 0 Å². The van der Waals surface area contributed by atoms with E-state index in [1.54, 1.807) is 6.07 Å². The minimum absolute atomic E-state index is 0.147. The van der Waals surface area contributed by atoms with Crippen molar-refractivity contribution in [3.63, 3.8) is 0 Å². The second-order valence-electron chi connectivity index (χ2n) is 10.6. The zero-order valence-corrected chi connectivity index (χ0v) is 19.2. The minimum atomic E-state index is -0.846. The van der Waals surface area contributed by atoms with Crippen molar-refractivity contribution in [3.8, 4) is 11.3 Å². The molecular weight excluding hydrogens is 396 g/mol. The van der Waals surface area contributed by atoms with Crippen molar-refractivity contribution in [2.24, 2.45) is 0 Å². The Balaban J connectivity index is 1.70. The highest BCUT2D eigenvalue weighted by atomic mass is 16.4. The molecule has 32 heavy (non-hydrogen) atoms. The lowest BCUT2D eigenvalue weighted by Crippen LogP contribution is -2.30. The summed E-state index contributed by atoms with van der Waals surface area (Å²) in [5.41, 5.74) is 8.67. The van der Waals surface area contributed by atoms with E-state index in [9.17, 15) is 9.90 Å². The van der Waals surface area contributed by atoms with Gasteiger partial charge in [-0.05, 0) is 48.4 Å². The first-order valence-corrected chi connectivity index (χ1v) is 12.2. The van der Waals surface area contributed by atoms with Gasteiger partial charge in [0.2, 0.25) is 0 Å². The number of aryl methyl sites for hydroxylation is 1. The number of anilines is 1. The number of benzene rings is 2. The van der Waals surface area contributed by atoms with Gasteiger partial charge in [0.25, 0.3) is 0 Å². The van der Waals surface area contributed by atoms with Crippen molar-refractivity contribution in [3.05, 3.63) is 53.1 Å². The third-order valence-corrected chi connectivity index (χ3v) is 8.10. The number of carboxylic acid groups (broad SMARTS) is 1. The molecule has 1 fully saturated rings. The number of aromatic carboxylic acids is 1. The highest BCUT2D eigenvalue weighted by Crippen LogP contribution is 2.51. The van der Waals surface area contributed by atoms with Gasteiger partial charge >= 0.3 is 5.97 Å². The van der Waals surface area contributed by atoms with Gasteiger partial charge in [-0.25, -0.2) is 4.79 Å². The number of rotatable bonds is 2. The Labute approximate surface area is 189 Å². The van der Waals surface area contributed by atoms with Crippen LogP contribution in [-0.2, 0) is 12.0 Å². The molecule has 2 aromatic carbocycles. The summed E-state index contributed by atoms with van der Waals surface area (Å²) in [6, 6.07) is 12.7. The Kier molecular flexibility index (Phi) is 4.43.